The van der Waals surface area contributed by atoms with Crippen LogP contribution in [0.3, 0.4) is 0 Å². The van der Waals surface area contributed by atoms with E-state index in [1.165, 1.54) is 44.8 Å². The number of nitrogens with one attached hydrogen (secondary N) is 1. The molecule has 0 aromatic heterocycles. The topological polar surface area (TPSA) is 69.7 Å². The van der Waals surface area contributed by atoms with Crippen LogP contribution in [-0.2, 0) is 10.0 Å². The smallest absolute Gasteiger partial charge is 0.251 e. The fraction of sp³-hybridized carbons (Fsp3) is 0.435. The van der Waals surface area contributed by atoms with Gasteiger partial charge in [0.05, 0.1) is 10.9 Å². The molecular weight excluding hydrogens is 398 g/mol. The molecule has 162 valence electrons. The number of rotatable bonds is 6. The van der Waals surface area contributed by atoms with E-state index in [4.69, 9.17) is 0 Å². The molecule has 0 aliphatic carbocycles. The predicted molar refractivity (Wildman–Crippen MR) is 120 cm³/mol. The van der Waals surface area contributed by atoms with E-state index in [-0.39, 0.29) is 16.8 Å². The van der Waals surface area contributed by atoms with Crippen LogP contribution >= 0.6 is 0 Å². The van der Waals surface area contributed by atoms with Gasteiger partial charge in [-0.25, -0.2) is 12.7 Å². The molecule has 1 N–H and O–H groups in total. The molecule has 1 amide bonds. The first-order chi connectivity index (χ1) is 14.2. The fourth-order valence-electron chi connectivity index (χ4n) is 3.77. The van der Waals surface area contributed by atoms with Gasteiger partial charge < -0.3 is 10.2 Å². The van der Waals surface area contributed by atoms with Crippen LogP contribution in [0.15, 0.2) is 53.4 Å². The number of nitrogens with zero attached hydrogens (tertiary/aromatic N) is 2. The monoisotopic (exact) mass is 429 g/mol. The maximum absolute atomic E-state index is 12.7. The highest BCUT2D eigenvalue weighted by Crippen LogP contribution is 2.25. The Bertz CT molecular complexity index is 987. The van der Waals surface area contributed by atoms with E-state index >= 15 is 0 Å². The van der Waals surface area contributed by atoms with E-state index in [1.807, 2.05) is 19.1 Å². The third-order valence-corrected chi connectivity index (χ3v) is 7.45. The van der Waals surface area contributed by atoms with Crippen molar-refractivity contribution in [1.29, 1.82) is 0 Å². The van der Waals surface area contributed by atoms with E-state index < -0.39 is 10.0 Å². The zero-order chi connectivity index (χ0) is 21.9. The lowest BCUT2D eigenvalue weighted by atomic mass is 9.99. The Balaban J connectivity index is 1.69. The number of amides is 1. The van der Waals surface area contributed by atoms with Crippen molar-refractivity contribution < 1.29 is 13.2 Å². The second-order valence-corrected chi connectivity index (χ2v) is 10.4. The molecule has 7 heteroatoms. The number of anilines is 1. The van der Waals surface area contributed by atoms with Crippen molar-refractivity contribution in [3.05, 3.63) is 59.7 Å². The summed E-state index contributed by atoms with van der Waals surface area (Å²) in [7, 11) is -0.643. The van der Waals surface area contributed by atoms with Crippen LogP contribution in [0.1, 0.15) is 48.7 Å². The lowest BCUT2D eigenvalue weighted by Gasteiger charge is -2.33. The summed E-state index contributed by atoms with van der Waals surface area (Å²) < 4.78 is 25.8. The number of carbonyl (C=O) groups is 1. The summed E-state index contributed by atoms with van der Waals surface area (Å²) in [5, 5.41) is 2.97. The largest absolute Gasteiger partial charge is 0.371 e. The maximum atomic E-state index is 12.7. The van der Waals surface area contributed by atoms with Crippen LogP contribution in [-0.4, -0.2) is 45.8 Å². The SMILES string of the molecule is C[C@@H]1CCCN(c2ccc([C@H](C)NC(=O)c3cccc(S(=O)(=O)N(C)C)c3)cc2)C1. The number of benzene rings is 2. The quantitative estimate of drug-likeness (QED) is 0.761. The molecule has 0 unspecified atom stereocenters. The molecule has 3 rings (SSSR count). The second-order valence-electron chi connectivity index (χ2n) is 8.30. The van der Waals surface area contributed by atoms with Crippen LogP contribution in [0.2, 0.25) is 0 Å². The van der Waals surface area contributed by atoms with Gasteiger partial charge in [0.15, 0.2) is 0 Å². The van der Waals surface area contributed by atoms with E-state index in [1.54, 1.807) is 12.1 Å². The van der Waals surface area contributed by atoms with Crippen LogP contribution in [0.4, 0.5) is 5.69 Å². The number of sulfonamides is 1. The van der Waals surface area contributed by atoms with Gasteiger partial charge in [0.2, 0.25) is 10.0 Å². The first-order valence-corrected chi connectivity index (χ1v) is 11.8. The summed E-state index contributed by atoms with van der Waals surface area (Å²) in [6, 6.07) is 14.2. The maximum Gasteiger partial charge on any atom is 0.251 e. The lowest BCUT2D eigenvalue weighted by molar-refractivity contribution is 0.0939. The Labute approximate surface area is 179 Å². The number of piperidine rings is 1. The van der Waals surface area contributed by atoms with Crippen molar-refractivity contribution >= 4 is 21.6 Å². The van der Waals surface area contributed by atoms with Gasteiger partial charge in [-0.2, -0.15) is 0 Å². The normalized spacial score (nSPS) is 18.3. The molecule has 1 aliphatic heterocycles. The lowest BCUT2D eigenvalue weighted by Crippen LogP contribution is -2.34. The molecule has 1 saturated heterocycles. The standard InChI is InChI=1S/C23H31N3O3S/c1-17-7-6-14-26(16-17)21-12-10-19(11-13-21)18(2)24-23(27)20-8-5-9-22(15-20)30(28,29)25(3)4/h5,8-13,15,17-18H,6-7,14,16H2,1-4H3,(H,24,27)/t17-,18+/m1/s1. The molecule has 6 nitrogen and oxygen atoms in total. The Hall–Kier alpha value is -2.38. The van der Waals surface area contributed by atoms with Crippen molar-refractivity contribution in [2.24, 2.45) is 5.92 Å². The minimum Gasteiger partial charge on any atom is -0.371 e. The zero-order valence-corrected chi connectivity index (χ0v) is 18.9. The zero-order valence-electron chi connectivity index (χ0n) is 18.1. The third-order valence-electron chi connectivity index (χ3n) is 5.64. The summed E-state index contributed by atoms with van der Waals surface area (Å²) in [4.78, 5) is 15.2. The Morgan fingerprint density at radius 3 is 2.50 bits per heavy atom. The average molecular weight is 430 g/mol. The molecule has 1 heterocycles. The van der Waals surface area contributed by atoms with Gasteiger partial charge in [0.1, 0.15) is 0 Å². The van der Waals surface area contributed by atoms with Gasteiger partial charge in [0, 0.05) is 38.4 Å². The van der Waals surface area contributed by atoms with Crippen molar-refractivity contribution in [3.8, 4) is 0 Å². The van der Waals surface area contributed by atoms with Crippen molar-refractivity contribution in [1.82, 2.24) is 9.62 Å². The summed E-state index contributed by atoms with van der Waals surface area (Å²) in [6.45, 7) is 6.38. The molecule has 2 aromatic carbocycles. The number of hydrogen-bond acceptors (Lipinski definition) is 4. The first kappa shape index (κ1) is 22.3. The molecule has 0 spiro atoms. The molecule has 2 atom stereocenters. The second kappa shape index (κ2) is 9.18. The third kappa shape index (κ3) is 5.02. The highest BCUT2D eigenvalue weighted by Gasteiger charge is 2.20. The molecule has 30 heavy (non-hydrogen) atoms. The minimum atomic E-state index is -3.58. The number of carbonyl (C=O) groups excluding carboxylic acids is 1. The van der Waals surface area contributed by atoms with Crippen LogP contribution < -0.4 is 10.2 Å². The van der Waals surface area contributed by atoms with Crippen molar-refractivity contribution in [3.63, 3.8) is 0 Å². The average Bonchev–Trinajstić information content (AvgIpc) is 2.73. The predicted octanol–water partition coefficient (Wildman–Crippen LogP) is 3.66. The van der Waals surface area contributed by atoms with Gasteiger partial charge >= 0.3 is 0 Å². The first-order valence-electron chi connectivity index (χ1n) is 10.4. The Kier molecular flexibility index (Phi) is 6.83. The van der Waals surface area contributed by atoms with Crippen LogP contribution in [0.25, 0.3) is 0 Å². The molecule has 0 saturated carbocycles. The highest BCUT2D eigenvalue weighted by atomic mass is 32.2. The summed E-state index contributed by atoms with van der Waals surface area (Å²) in [5.41, 5.74) is 2.54. The van der Waals surface area contributed by atoms with E-state index in [9.17, 15) is 13.2 Å². The summed E-state index contributed by atoms with van der Waals surface area (Å²) in [5.74, 6) is 0.413. The van der Waals surface area contributed by atoms with Crippen LogP contribution in [0, 0.1) is 5.92 Å². The molecule has 1 aliphatic rings. The molecule has 2 aromatic rings. The van der Waals surface area contributed by atoms with Crippen LogP contribution in [0.5, 0.6) is 0 Å². The van der Waals surface area contributed by atoms with Gasteiger partial charge in [-0.15, -0.1) is 0 Å². The Morgan fingerprint density at radius 2 is 1.87 bits per heavy atom. The van der Waals surface area contributed by atoms with E-state index in [2.05, 4.69) is 29.3 Å². The van der Waals surface area contributed by atoms with Gasteiger partial charge in [-0.05, 0) is 61.6 Å². The van der Waals surface area contributed by atoms with Gasteiger partial charge in [0.25, 0.3) is 5.91 Å². The van der Waals surface area contributed by atoms with Crippen molar-refractivity contribution in [2.75, 3.05) is 32.1 Å². The molecular formula is C23H31N3O3S. The molecule has 0 bridgehead atoms. The number of hydrogen-bond donors (Lipinski definition) is 1. The van der Waals surface area contributed by atoms with E-state index in [0.717, 1.165) is 23.0 Å². The van der Waals surface area contributed by atoms with Gasteiger partial charge in [-0.3, -0.25) is 4.79 Å². The van der Waals surface area contributed by atoms with E-state index in [0.29, 0.717) is 11.5 Å². The highest BCUT2D eigenvalue weighted by molar-refractivity contribution is 7.89. The van der Waals surface area contributed by atoms with Crippen molar-refractivity contribution in [2.45, 2.75) is 37.6 Å². The fourth-order valence-corrected chi connectivity index (χ4v) is 4.72. The Morgan fingerprint density at radius 1 is 1.17 bits per heavy atom. The summed E-state index contributed by atoms with van der Waals surface area (Å²) >= 11 is 0. The molecule has 0 radical (unpaired) electrons. The minimum absolute atomic E-state index is 0.105. The van der Waals surface area contributed by atoms with Gasteiger partial charge in [-0.1, -0.05) is 25.1 Å². The summed E-state index contributed by atoms with van der Waals surface area (Å²) in [6.07, 6.45) is 2.51. The molecule has 1 fully saturated rings.